The molecule has 0 aliphatic rings. The van der Waals surface area contributed by atoms with Gasteiger partial charge in [0.1, 0.15) is 6.61 Å². The van der Waals surface area contributed by atoms with Gasteiger partial charge in [-0.05, 0) is 6.42 Å². The second-order valence-corrected chi connectivity index (χ2v) is 2.61. The fourth-order valence-electron chi connectivity index (χ4n) is 0.708. The minimum Gasteiger partial charge on any atom is -0.481 e. The number of hydrogen-bond donors (Lipinski definition) is 2. The maximum Gasteiger partial charge on any atom is 0.306 e. The van der Waals surface area contributed by atoms with Crippen LogP contribution in [0.4, 0.5) is 0 Å². The molecule has 0 unspecified atom stereocenters. The third kappa shape index (κ3) is 8.51. The summed E-state index contributed by atoms with van der Waals surface area (Å²) in [4.78, 5) is 30.9. The first kappa shape index (κ1) is 12.4. The number of esters is 1. The van der Waals surface area contributed by atoms with Crippen LogP contribution < -0.4 is 0 Å². The molecule has 2 N–H and O–H groups in total. The van der Waals surface area contributed by atoms with E-state index in [2.05, 4.69) is 4.74 Å². The Bertz CT molecular complexity index is 200. The van der Waals surface area contributed by atoms with E-state index in [1.807, 2.05) is 0 Å². The number of aliphatic carboxylic acids is 2. The van der Waals surface area contributed by atoms with Crippen molar-refractivity contribution in [2.45, 2.75) is 25.7 Å². The van der Waals surface area contributed by atoms with Crippen molar-refractivity contribution in [3.05, 3.63) is 0 Å². The van der Waals surface area contributed by atoms with Gasteiger partial charge in [0.25, 0.3) is 0 Å². The van der Waals surface area contributed by atoms with E-state index in [9.17, 15) is 14.4 Å². The van der Waals surface area contributed by atoms with Crippen molar-refractivity contribution in [2.24, 2.45) is 0 Å². The lowest BCUT2D eigenvalue weighted by molar-refractivity contribution is -0.146. The average Bonchev–Trinajstić information content (AvgIpc) is 2.02. The predicted octanol–water partition coefficient (Wildman–Crippen LogP) is 0.259. The zero-order chi connectivity index (χ0) is 11.0. The van der Waals surface area contributed by atoms with Gasteiger partial charge < -0.3 is 14.9 Å². The summed E-state index contributed by atoms with van der Waals surface area (Å²) in [5.41, 5.74) is 0. The number of ether oxygens (including phenoxy) is 1. The summed E-state index contributed by atoms with van der Waals surface area (Å²) >= 11 is 0. The van der Waals surface area contributed by atoms with Crippen LogP contribution in [0.5, 0.6) is 0 Å². The summed E-state index contributed by atoms with van der Waals surface area (Å²) in [7, 11) is 0. The van der Waals surface area contributed by atoms with Gasteiger partial charge in [-0.25, -0.2) is 0 Å². The molecule has 0 heterocycles. The molecular formula is C8H12O6. The predicted molar refractivity (Wildman–Crippen MR) is 44.7 cm³/mol. The van der Waals surface area contributed by atoms with Gasteiger partial charge in [-0.3, -0.25) is 14.4 Å². The minimum atomic E-state index is -1.04. The van der Waals surface area contributed by atoms with Crippen LogP contribution in [0.15, 0.2) is 0 Å². The summed E-state index contributed by atoms with van der Waals surface area (Å²) in [6, 6.07) is 0. The monoisotopic (exact) mass is 204 g/mol. The lowest BCUT2D eigenvalue weighted by atomic mass is 10.2. The lowest BCUT2D eigenvalue weighted by Crippen LogP contribution is -2.09. The molecule has 0 rings (SSSR count). The molecule has 0 aliphatic heterocycles. The van der Waals surface area contributed by atoms with E-state index in [1.165, 1.54) is 0 Å². The summed E-state index contributed by atoms with van der Waals surface area (Å²) in [5, 5.41) is 16.5. The quantitative estimate of drug-likeness (QED) is 0.577. The molecule has 0 aliphatic carbocycles. The molecular weight excluding hydrogens is 192 g/mol. The molecule has 0 bridgehead atoms. The molecule has 6 nitrogen and oxygen atoms in total. The summed E-state index contributed by atoms with van der Waals surface area (Å²) in [6.07, 6.45) is -0.105. The van der Waals surface area contributed by atoms with E-state index in [0.717, 1.165) is 0 Å². The van der Waals surface area contributed by atoms with E-state index in [1.54, 1.807) is 0 Å². The van der Waals surface area contributed by atoms with Crippen LogP contribution in [0.1, 0.15) is 25.7 Å². The first-order chi connectivity index (χ1) is 6.52. The van der Waals surface area contributed by atoms with Crippen molar-refractivity contribution >= 4 is 17.9 Å². The van der Waals surface area contributed by atoms with Crippen LogP contribution in [0, 0.1) is 0 Å². The molecule has 80 valence electrons. The molecule has 0 amide bonds. The Morgan fingerprint density at radius 1 is 0.929 bits per heavy atom. The molecule has 0 saturated heterocycles. The van der Waals surface area contributed by atoms with Gasteiger partial charge in [0.05, 0.1) is 6.42 Å². The standard InChI is InChI=1S/C8H12O6/c9-6(10)2-1-3-8(13)14-5-4-7(11)12/h1-5H2,(H,9,10)(H,11,12). The smallest absolute Gasteiger partial charge is 0.306 e. The first-order valence-electron chi connectivity index (χ1n) is 4.11. The van der Waals surface area contributed by atoms with Crippen LogP contribution in [-0.4, -0.2) is 34.7 Å². The van der Waals surface area contributed by atoms with E-state index < -0.39 is 17.9 Å². The number of hydrogen-bond acceptors (Lipinski definition) is 4. The highest BCUT2D eigenvalue weighted by atomic mass is 16.5. The molecule has 0 atom stereocenters. The molecule has 0 aromatic carbocycles. The summed E-state index contributed by atoms with van der Waals surface area (Å²) in [6.45, 7) is -0.165. The van der Waals surface area contributed by atoms with Gasteiger partial charge in [0.15, 0.2) is 0 Å². The molecule has 0 aromatic rings. The van der Waals surface area contributed by atoms with Crippen molar-refractivity contribution in [3.8, 4) is 0 Å². The highest BCUT2D eigenvalue weighted by Gasteiger charge is 2.05. The maximum atomic E-state index is 10.8. The number of carboxylic acid groups (broad SMARTS) is 2. The Kier molecular flexibility index (Phi) is 6.09. The van der Waals surface area contributed by atoms with Gasteiger partial charge in [-0.1, -0.05) is 0 Å². The highest BCUT2D eigenvalue weighted by molar-refractivity contribution is 5.72. The van der Waals surface area contributed by atoms with Crippen LogP contribution >= 0.6 is 0 Å². The molecule has 14 heavy (non-hydrogen) atoms. The van der Waals surface area contributed by atoms with E-state index in [4.69, 9.17) is 10.2 Å². The number of carboxylic acids is 2. The van der Waals surface area contributed by atoms with Crippen LogP contribution in [0.25, 0.3) is 0 Å². The third-order valence-electron chi connectivity index (χ3n) is 1.35. The van der Waals surface area contributed by atoms with E-state index >= 15 is 0 Å². The van der Waals surface area contributed by atoms with Crippen LogP contribution in [0.3, 0.4) is 0 Å². The Morgan fingerprint density at radius 2 is 1.50 bits per heavy atom. The second kappa shape index (κ2) is 6.88. The number of carbonyl (C=O) groups is 3. The summed E-state index contributed by atoms with van der Waals surface area (Å²) < 4.78 is 4.52. The molecule has 0 spiro atoms. The van der Waals surface area contributed by atoms with E-state index in [0.29, 0.717) is 0 Å². The topological polar surface area (TPSA) is 101 Å². The average molecular weight is 204 g/mol. The lowest BCUT2D eigenvalue weighted by Gasteiger charge is -2.01. The fraction of sp³-hybridized carbons (Fsp3) is 0.625. The molecule has 0 aromatic heterocycles. The molecule has 6 heteroatoms. The normalized spacial score (nSPS) is 9.43. The Balaban J connectivity index is 3.37. The van der Waals surface area contributed by atoms with Gasteiger partial charge >= 0.3 is 17.9 Å². The van der Waals surface area contributed by atoms with Crippen molar-refractivity contribution in [3.63, 3.8) is 0 Å². The fourth-order valence-corrected chi connectivity index (χ4v) is 0.708. The number of carbonyl (C=O) groups excluding carboxylic acids is 1. The van der Waals surface area contributed by atoms with Gasteiger partial charge in [0, 0.05) is 12.8 Å². The van der Waals surface area contributed by atoms with Gasteiger partial charge in [-0.15, -0.1) is 0 Å². The minimum absolute atomic E-state index is 0.00587. The van der Waals surface area contributed by atoms with Crippen molar-refractivity contribution in [1.29, 1.82) is 0 Å². The zero-order valence-electron chi connectivity index (χ0n) is 7.56. The second-order valence-electron chi connectivity index (χ2n) is 2.61. The molecule has 0 fully saturated rings. The molecule has 0 radical (unpaired) electrons. The Labute approximate surface area is 80.5 Å². The largest absolute Gasteiger partial charge is 0.481 e. The van der Waals surface area contributed by atoms with Gasteiger partial charge in [-0.2, -0.15) is 0 Å². The first-order valence-corrected chi connectivity index (χ1v) is 4.11. The van der Waals surface area contributed by atoms with Crippen molar-refractivity contribution in [1.82, 2.24) is 0 Å². The zero-order valence-corrected chi connectivity index (χ0v) is 7.56. The third-order valence-corrected chi connectivity index (χ3v) is 1.35. The number of rotatable bonds is 7. The van der Waals surface area contributed by atoms with Crippen molar-refractivity contribution < 1.29 is 29.3 Å². The maximum absolute atomic E-state index is 10.8. The summed E-state index contributed by atoms with van der Waals surface area (Å²) in [5.74, 6) is -2.57. The Morgan fingerprint density at radius 3 is 2.00 bits per heavy atom. The van der Waals surface area contributed by atoms with E-state index in [-0.39, 0.29) is 32.3 Å². The highest BCUT2D eigenvalue weighted by Crippen LogP contribution is 1.98. The van der Waals surface area contributed by atoms with Crippen LogP contribution in [-0.2, 0) is 19.1 Å². The van der Waals surface area contributed by atoms with Gasteiger partial charge in [0.2, 0.25) is 0 Å². The van der Waals surface area contributed by atoms with Crippen molar-refractivity contribution in [2.75, 3.05) is 6.61 Å². The SMILES string of the molecule is O=C(O)CCCC(=O)OCCC(=O)O. The molecule has 0 saturated carbocycles. The van der Waals surface area contributed by atoms with Crippen LogP contribution in [0.2, 0.25) is 0 Å². The Hall–Kier alpha value is -1.59.